The second-order valence-electron chi connectivity index (χ2n) is 6.11. The Kier molecular flexibility index (Phi) is 5.93. The summed E-state index contributed by atoms with van der Waals surface area (Å²) in [5.74, 6) is 0. The summed E-state index contributed by atoms with van der Waals surface area (Å²) in [6.45, 7) is 0. The Hall–Kier alpha value is -2.63. The second-order valence-corrected chi connectivity index (χ2v) is 8.70. The van der Waals surface area contributed by atoms with E-state index in [-0.39, 0.29) is 0 Å². The minimum atomic E-state index is -0.488. The van der Waals surface area contributed by atoms with Gasteiger partial charge in [0.1, 0.15) is 22.2 Å². The molecule has 0 saturated carbocycles. The number of hydrogen-bond acceptors (Lipinski definition) is 6. The van der Waals surface area contributed by atoms with Gasteiger partial charge in [-0.15, -0.1) is 11.3 Å². The van der Waals surface area contributed by atoms with Gasteiger partial charge in [-0.05, 0) is 42.5 Å². The number of fused-ring (bicyclic) bond motifs is 1. The van der Waals surface area contributed by atoms with Crippen molar-refractivity contribution in [3.8, 4) is 17.3 Å². The molecular weight excluding hydrogens is 509 g/mol. The molecule has 0 aliphatic carbocycles. The largest absolute Gasteiger partial charge is 0.422 e. The SMILES string of the molecule is N#CC(=CNc1ccc(Cl)c(Cl)c1)c1nc(-c2cc3cc(Br)ccc3oc2=O)cs1. The van der Waals surface area contributed by atoms with E-state index < -0.39 is 5.63 Å². The predicted molar refractivity (Wildman–Crippen MR) is 125 cm³/mol. The van der Waals surface area contributed by atoms with Crippen LogP contribution in [0.15, 0.2) is 67.7 Å². The summed E-state index contributed by atoms with van der Waals surface area (Å²) in [6, 6.07) is 14.3. The van der Waals surface area contributed by atoms with Gasteiger partial charge in [0, 0.05) is 27.1 Å². The molecule has 0 saturated heterocycles. The molecule has 0 spiro atoms. The molecule has 1 N–H and O–H groups in total. The Morgan fingerprint density at radius 2 is 2.03 bits per heavy atom. The molecule has 2 heterocycles. The van der Waals surface area contributed by atoms with Crippen LogP contribution in [0.4, 0.5) is 5.69 Å². The maximum atomic E-state index is 12.4. The molecule has 0 bridgehead atoms. The fraction of sp³-hybridized carbons (Fsp3) is 0. The second kappa shape index (κ2) is 8.62. The van der Waals surface area contributed by atoms with Crippen molar-refractivity contribution < 1.29 is 4.42 Å². The van der Waals surface area contributed by atoms with Gasteiger partial charge in [0.15, 0.2) is 0 Å². The van der Waals surface area contributed by atoms with Crippen molar-refractivity contribution in [1.82, 2.24) is 4.98 Å². The van der Waals surface area contributed by atoms with Gasteiger partial charge < -0.3 is 9.73 Å². The Bertz CT molecular complexity index is 1410. The van der Waals surface area contributed by atoms with Crippen LogP contribution in [-0.4, -0.2) is 4.98 Å². The zero-order valence-corrected chi connectivity index (χ0v) is 18.9. The molecule has 0 atom stereocenters. The third-order valence-electron chi connectivity index (χ3n) is 4.13. The summed E-state index contributed by atoms with van der Waals surface area (Å²) < 4.78 is 6.27. The van der Waals surface area contributed by atoms with Gasteiger partial charge in [-0.25, -0.2) is 9.78 Å². The lowest BCUT2D eigenvalue weighted by atomic mass is 10.1. The number of rotatable bonds is 4. The van der Waals surface area contributed by atoms with Crippen LogP contribution >= 0.6 is 50.5 Å². The van der Waals surface area contributed by atoms with Crippen molar-refractivity contribution in [2.24, 2.45) is 0 Å². The number of nitriles is 1. The van der Waals surface area contributed by atoms with Gasteiger partial charge in [0.2, 0.25) is 0 Å². The Morgan fingerprint density at radius 3 is 2.80 bits per heavy atom. The molecule has 30 heavy (non-hydrogen) atoms. The molecular formula is C21H10BrCl2N3O2S. The minimum Gasteiger partial charge on any atom is -0.422 e. The van der Waals surface area contributed by atoms with Crippen molar-refractivity contribution in [3.63, 3.8) is 0 Å². The number of benzene rings is 2. The number of nitrogens with zero attached hydrogens (tertiary/aromatic N) is 2. The number of allylic oxidation sites excluding steroid dienone is 1. The van der Waals surface area contributed by atoms with Gasteiger partial charge >= 0.3 is 5.63 Å². The summed E-state index contributed by atoms with van der Waals surface area (Å²) in [4.78, 5) is 16.9. The molecule has 0 amide bonds. The number of hydrogen-bond donors (Lipinski definition) is 1. The van der Waals surface area contributed by atoms with E-state index in [0.29, 0.717) is 43.2 Å². The highest BCUT2D eigenvalue weighted by molar-refractivity contribution is 9.10. The number of aromatic nitrogens is 1. The van der Waals surface area contributed by atoms with E-state index in [1.165, 1.54) is 17.5 Å². The summed E-state index contributed by atoms with van der Waals surface area (Å²) in [7, 11) is 0. The minimum absolute atomic E-state index is 0.310. The first-order chi connectivity index (χ1) is 14.4. The zero-order valence-electron chi connectivity index (χ0n) is 14.9. The lowest BCUT2D eigenvalue weighted by Gasteiger charge is -2.03. The van der Waals surface area contributed by atoms with Crippen molar-refractivity contribution in [3.05, 3.63) is 84.0 Å². The summed E-state index contributed by atoms with van der Waals surface area (Å²) in [5.41, 5.74) is 1.77. The molecule has 0 aliphatic heterocycles. The fourth-order valence-corrected chi connectivity index (χ4v) is 4.14. The number of halogens is 3. The Balaban J connectivity index is 1.66. The van der Waals surface area contributed by atoms with E-state index in [0.717, 1.165) is 9.86 Å². The average Bonchev–Trinajstić information content (AvgIpc) is 3.20. The first-order valence-electron chi connectivity index (χ1n) is 8.46. The molecule has 2 aromatic carbocycles. The fourth-order valence-electron chi connectivity index (χ4n) is 2.68. The van der Waals surface area contributed by atoms with Gasteiger partial charge in [0.25, 0.3) is 0 Å². The molecule has 0 radical (unpaired) electrons. The quantitative estimate of drug-likeness (QED) is 0.233. The van der Waals surface area contributed by atoms with E-state index >= 15 is 0 Å². The molecule has 4 aromatic rings. The Morgan fingerprint density at radius 1 is 1.20 bits per heavy atom. The van der Waals surface area contributed by atoms with Crippen LogP contribution in [0.2, 0.25) is 10.0 Å². The monoisotopic (exact) mass is 517 g/mol. The molecule has 9 heteroatoms. The topological polar surface area (TPSA) is 78.9 Å². The normalized spacial score (nSPS) is 11.5. The van der Waals surface area contributed by atoms with Crippen molar-refractivity contribution in [1.29, 1.82) is 5.26 Å². The van der Waals surface area contributed by atoms with Gasteiger partial charge in [0.05, 0.1) is 21.3 Å². The summed E-state index contributed by atoms with van der Waals surface area (Å²) in [6.07, 6.45) is 1.53. The highest BCUT2D eigenvalue weighted by atomic mass is 79.9. The number of nitrogens with one attached hydrogen (secondary N) is 1. The highest BCUT2D eigenvalue weighted by Crippen LogP contribution is 2.28. The van der Waals surface area contributed by atoms with Crippen molar-refractivity contribution in [2.45, 2.75) is 0 Å². The van der Waals surface area contributed by atoms with Crippen molar-refractivity contribution in [2.75, 3.05) is 5.32 Å². The van der Waals surface area contributed by atoms with E-state index in [4.69, 9.17) is 27.6 Å². The van der Waals surface area contributed by atoms with Crippen molar-refractivity contribution >= 4 is 72.7 Å². The lowest BCUT2D eigenvalue weighted by molar-refractivity contribution is 0.563. The zero-order chi connectivity index (χ0) is 21.3. The standard InChI is InChI=1S/C21H10BrCl2N3O2S/c22-13-1-4-19-11(5-13)6-15(21(28)29-19)18-10-30-20(27-18)12(8-25)9-26-14-2-3-16(23)17(24)7-14/h1-7,9-10,26H. The van der Waals surface area contributed by atoms with Crippen LogP contribution in [0.25, 0.3) is 27.8 Å². The predicted octanol–water partition coefficient (Wildman–Crippen LogP) is 6.96. The number of anilines is 1. The van der Waals surface area contributed by atoms with Crippen LogP contribution in [0.3, 0.4) is 0 Å². The lowest BCUT2D eigenvalue weighted by Crippen LogP contribution is -2.03. The van der Waals surface area contributed by atoms with E-state index in [2.05, 4.69) is 32.3 Å². The van der Waals surface area contributed by atoms with Crippen LogP contribution in [-0.2, 0) is 0 Å². The molecule has 148 valence electrons. The van der Waals surface area contributed by atoms with E-state index in [1.54, 1.807) is 41.8 Å². The van der Waals surface area contributed by atoms with E-state index in [1.807, 2.05) is 6.07 Å². The molecule has 5 nitrogen and oxygen atoms in total. The summed E-state index contributed by atoms with van der Waals surface area (Å²) in [5, 5.41) is 16.3. The first kappa shape index (κ1) is 20.6. The highest BCUT2D eigenvalue weighted by Gasteiger charge is 2.14. The smallest absolute Gasteiger partial charge is 0.345 e. The van der Waals surface area contributed by atoms with Crippen LogP contribution in [0.5, 0.6) is 0 Å². The van der Waals surface area contributed by atoms with Crippen LogP contribution in [0, 0.1) is 11.3 Å². The average molecular weight is 519 g/mol. The van der Waals surface area contributed by atoms with Gasteiger partial charge in [-0.3, -0.25) is 0 Å². The number of thiazole rings is 1. The molecule has 0 unspecified atom stereocenters. The molecule has 4 rings (SSSR count). The first-order valence-corrected chi connectivity index (χ1v) is 10.9. The Labute approximate surface area is 193 Å². The maximum absolute atomic E-state index is 12.4. The third-order valence-corrected chi connectivity index (χ3v) is 6.24. The maximum Gasteiger partial charge on any atom is 0.345 e. The summed E-state index contributed by atoms with van der Waals surface area (Å²) >= 11 is 16.6. The van der Waals surface area contributed by atoms with Gasteiger partial charge in [-0.1, -0.05) is 39.1 Å². The van der Waals surface area contributed by atoms with Crippen LogP contribution in [0.1, 0.15) is 5.01 Å². The molecule has 0 aliphatic rings. The molecule has 0 fully saturated rings. The molecule has 2 aromatic heterocycles. The third kappa shape index (κ3) is 4.27. The van der Waals surface area contributed by atoms with Gasteiger partial charge in [-0.2, -0.15) is 5.26 Å². The van der Waals surface area contributed by atoms with Crippen LogP contribution < -0.4 is 10.9 Å². The van der Waals surface area contributed by atoms with E-state index in [9.17, 15) is 10.1 Å².